The van der Waals surface area contributed by atoms with E-state index in [1.807, 2.05) is 6.92 Å². The van der Waals surface area contributed by atoms with Crippen molar-refractivity contribution in [2.45, 2.75) is 90.0 Å². The molecule has 0 heterocycles. The van der Waals surface area contributed by atoms with Gasteiger partial charge in [0.05, 0.1) is 12.0 Å². The Morgan fingerprint density at radius 3 is 1.48 bits per heavy atom. The minimum Gasteiger partial charge on any atom is -0.378 e. The molecule has 0 amide bonds. The zero-order valence-corrected chi connectivity index (χ0v) is 17.1. The molecule has 1 N–H and O–H groups in total. The van der Waals surface area contributed by atoms with E-state index in [0.29, 0.717) is 6.42 Å². The van der Waals surface area contributed by atoms with Crippen LogP contribution in [-0.4, -0.2) is 54.4 Å². The van der Waals surface area contributed by atoms with Crippen molar-refractivity contribution >= 4 is 0 Å². The Bertz CT molecular complexity index is 451. The van der Waals surface area contributed by atoms with E-state index in [-0.39, 0.29) is 45.8 Å². The Morgan fingerprint density at radius 2 is 1.14 bits per heavy atom. The third kappa shape index (κ3) is 7.50. The monoisotopic (exact) mass is 446 g/mol. The standard InChI is InChI=1S/C18H30F8O3/c1-6-11(2)14(27)29-10-8-7-9-28-12(3)13(15(4,19)17(21,22)23)16(5,20)18(24,25)26/h11-14,27H,6-10H2,1-5H3. The van der Waals surface area contributed by atoms with E-state index >= 15 is 0 Å². The fourth-order valence-corrected chi connectivity index (χ4v) is 2.88. The molecule has 0 fully saturated rings. The molecule has 0 aromatic heterocycles. The summed E-state index contributed by atoms with van der Waals surface area (Å²) in [4.78, 5) is 0. The second kappa shape index (κ2) is 10.6. The van der Waals surface area contributed by atoms with Gasteiger partial charge in [0.2, 0.25) is 11.3 Å². The molecule has 0 aromatic carbocycles. The van der Waals surface area contributed by atoms with Crippen molar-refractivity contribution in [1.82, 2.24) is 0 Å². The average Bonchev–Trinajstić information content (AvgIpc) is 2.54. The third-order valence-electron chi connectivity index (χ3n) is 5.08. The van der Waals surface area contributed by atoms with Crippen molar-refractivity contribution < 1.29 is 49.7 Å². The van der Waals surface area contributed by atoms with Gasteiger partial charge in [0, 0.05) is 19.1 Å². The van der Waals surface area contributed by atoms with E-state index in [9.17, 15) is 40.2 Å². The summed E-state index contributed by atoms with van der Waals surface area (Å²) in [5.74, 6) is -3.28. The van der Waals surface area contributed by atoms with Crippen LogP contribution in [0.15, 0.2) is 0 Å². The summed E-state index contributed by atoms with van der Waals surface area (Å²) in [5.41, 5.74) is -8.95. The molecule has 176 valence electrons. The van der Waals surface area contributed by atoms with Gasteiger partial charge in [-0.3, -0.25) is 0 Å². The Kier molecular flexibility index (Phi) is 10.3. The molecule has 0 aliphatic heterocycles. The molecule has 29 heavy (non-hydrogen) atoms. The molecule has 0 saturated heterocycles. The highest BCUT2D eigenvalue weighted by molar-refractivity contribution is 5.05. The zero-order valence-electron chi connectivity index (χ0n) is 17.1. The summed E-state index contributed by atoms with van der Waals surface area (Å²) in [6.45, 7) is 3.90. The quantitative estimate of drug-likeness (QED) is 0.236. The first-order valence-electron chi connectivity index (χ1n) is 9.33. The minimum atomic E-state index is -5.73. The molecule has 5 unspecified atom stereocenters. The number of hydrogen-bond acceptors (Lipinski definition) is 3. The molecule has 0 aromatic rings. The second-order valence-electron chi connectivity index (χ2n) is 7.55. The predicted molar refractivity (Wildman–Crippen MR) is 90.7 cm³/mol. The van der Waals surface area contributed by atoms with Crippen molar-refractivity contribution in [3.63, 3.8) is 0 Å². The lowest BCUT2D eigenvalue weighted by Crippen LogP contribution is -2.61. The van der Waals surface area contributed by atoms with Gasteiger partial charge in [-0.25, -0.2) is 8.78 Å². The van der Waals surface area contributed by atoms with Gasteiger partial charge in [0.15, 0.2) is 6.29 Å². The number of unbranched alkanes of at least 4 members (excludes halogenated alkanes) is 1. The normalized spacial score (nSPS) is 21.7. The summed E-state index contributed by atoms with van der Waals surface area (Å²) in [6, 6.07) is 0. The van der Waals surface area contributed by atoms with Crippen LogP contribution in [0.4, 0.5) is 35.1 Å². The van der Waals surface area contributed by atoms with E-state index in [4.69, 9.17) is 9.47 Å². The largest absolute Gasteiger partial charge is 0.422 e. The zero-order chi connectivity index (χ0) is 23.3. The van der Waals surface area contributed by atoms with Crippen LogP contribution in [0.2, 0.25) is 0 Å². The van der Waals surface area contributed by atoms with Crippen molar-refractivity contribution in [2.75, 3.05) is 13.2 Å². The lowest BCUT2D eigenvalue weighted by Gasteiger charge is -2.43. The maximum Gasteiger partial charge on any atom is 0.422 e. The van der Waals surface area contributed by atoms with Gasteiger partial charge in [-0.2, -0.15) is 26.3 Å². The molecular weight excluding hydrogens is 416 g/mol. The predicted octanol–water partition coefficient (Wildman–Crippen LogP) is 5.75. The number of aliphatic hydroxyl groups is 1. The van der Waals surface area contributed by atoms with Gasteiger partial charge in [-0.05, 0) is 40.0 Å². The van der Waals surface area contributed by atoms with Crippen LogP contribution in [-0.2, 0) is 9.47 Å². The molecule has 0 spiro atoms. The van der Waals surface area contributed by atoms with E-state index in [1.54, 1.807) is 6.92 Å². The van der Waals surface area contributed by atoms with Gasteiger partial charge in [0.25, 0.3) is 0 Å². The number of aliphatic hydroxyl groups excluding tert-OH is 1. The molecular formula is C18H30F8O3. The Labute approximate surface area is 165 Å². The average molecular weight is 446 g/mol. The fourth-order valence-electron chi connectivity index (χ4n) is 2.88. The molecule has 0 aliphatic rings. The van der Waals surface area contributed by atoms with E-state index < -0.39 is 42.0 Å². The summed E-state index contributed by atoms with van der Waals surface area (Å²) in [7, 11) is 0. The van der Waals surface area contributed by atoms with Crippen LogP contribution in [0.1, 0.15) is 53.9 Å². The number of alkyl halides is 8. The molecule has 0 bridgehead atoms. The maximum absolute atomic E-state index is 14.4. The highest BCUT2D eigenvalue weighted by Gasteiger charge is 2.70. The number of rotatable bonds is 12. The van der Waals surface area contributed by atoms with Crippen molar-refractivity contribution in [1.29, 1.82) is 0 Å². The second-order valence-corrected chi connectivity index (χ2v) is 7.55. The smallest absolute Gasteiger partial charge is 0.378 e. The van der Waals surface area contributed by atoms with Crippen molar-refractivity contribution in [3.05, 3.63) is 0 Å². The van der Waals surface area contributed by atoms with Crippen molar-refractivity contribution in [3.8, 4) is 0 Å². The van der Waals surface area contributed by atoms with E-state index in [1.165, 1.54) is 0 Å². The minimum absolute atomic E-state index is 0.0828. The topological polar surface area (TPSA) is 38.7 Å². The van der Waals surface area contributed by atoms with E-state index in [2.05, 4.69) is 0 Å². The highest BCUT2D eigenvalue weighted by atomic mass is 19.4. The Balaban J connectivity index is 4.99. The molecule has 0 saturated carbocycles. The van der Waals surface area contributed by atoms with Crippen LogP contribution in [0.25, 0.3) is 0 Å². The molecule has 0 aliphatic carbocycles. The summed E-state index contributed by atoms with van der Waals surface area (Å²) >= 11 is 0. The Hall–Kier alpha value is -0.680. The van der Waals surface area contributed by atoms with Crippen LogP contribution in [0, 0.1) is 11.8 Å². The number of ether oxygens (including phenoxy) is 2. The maximum atomic E-state index is 14.4. The van der Waals surface area contributed by atoms with Gasteiger partial charge < -0.3 is 14.6 Å². The first kappa shape index (κ1) is 28.3. The van der Waals surface area contributed by atoms with Crippen LogP contribution < -0.4 is 0 Å². The first-order valence-corrected chi connectivity index (χ1v) is 9.33. The lowest BCUT2D eigenvalue weighted by atomic mass is 9.74. The molecule has 11 heteroatoms. The van der Waals surface area contributed by atoms with Gasteiger partial charge in [-0.1, -0.05) is 13.8 Å². The van der Waals surface area contributed by atoms with Gasteiger partial charge in [0.1, 0.15) is 0 Å². The third-order valence-corrected chi connectivity index (χ3v) is 5.08. The first-order chi connectivity index (χ1) is 12.9. The SMILES string of the molecule is CCC(C)C(O)OCCCCOC(C)C(C(C)(F)C(F)(F)F)C(C)(F)C(F)(F)F. The number of hydrogen-bond donors (Lipinski definition) is 1. The van der Waals surface area contributed by atoms with Gasteiger partial charge in [-0.15, -0.1) is 0 Å². The number of halogens is 8. The molecule has 0 radical (unpaired) electrons. The van der Waals surface area contributed by atoms with Gasteiger partial charge >= 0.3 is 12.4 Å². The lowest BCUT2D eigenvalue weighted by molar-refractivity contribution is -0.314. The van der Waals surface area contributed by atoms with Crippen molar-refractivity contribution in [2.24, 2.45) is 11.8 Å². The summed E-state index contributed by atoms with van der Waals surface area (Å²) in [6.07, 6.45) is -13.4. The Morgan fingerprint density at radius 1 is 0.759 bits per heavy atom. The highest BCUT2D eigenvalue weighted by Crippen LogP contribution is 2.52. The fraction of sp³-hybridized carbons (Fsp3) is 1.00. The molecule has 3 nitrogen and oxygen atoms in total. The summed E-state index contributed by atoms with van der Waals surface area (Å²) < 4.78 is 117. The molecule has 0 rings (SSSR count). The molecule has 5 atom stereocenters. The van der Waals surface area contributed by atoms with E-state index in [0.717, 1.165) is 6.92 Å². The van der Waals surface area contributed by atoms with Crippen LogP contribution in [0.5, 0.6) is 0 Å². The van der Waals surface area contributed by atoms with Crippen LogP contribution in [0.3, 0.4) is 0 Å². The van der Waals surface area contributed by atoms with Crippen LogP contribution >= 0.6 is 0 Å². The summed E-state index contributed by atoms with van der Waals surface area (Å²) in [5, 5.41) is 9.62.